The SMILES string of the molecule is CC[C@@H]1OCC2(CCN(C(=O)OC(C)(C)C)CC2)[C@@H]1N[S+]([O-])C(C)(C)C. The van der Waals surface area contributed by atoms with E-state index in [-0.39, 0.29) is 28.4 Å². The van der Waals surface area contributed by atoms with Gasteiger partial charge >= 0.3 is 6.09 Å². The summed E-state index contributed by atoms with van der Waals surface area (Å²) < 4.78 is 27.3. The average molecular weight is 389 g/mol. The summed E-state index contributed by atoms with van der Waals surface area (Å²) >= 11 is -1.14. The zero-order chi connectivity index (χ0) is 19.8. The molecule has 7 heteroatoms. The van der Waals surface area contributed by atoms with Gasteiger partial charge in [-0.3, -0.25) is 0 Å². The molecule has 1 spiro atoms. The highest BCUT2D eigenvalue weighted by molar-refractivity contribution is 7.90. The molecule has 2 fully saturated rings. The summed E-state index contributed by atoms with van der Waals surface area (Å²) in [5.74, 6) is 0. The van der Waals surface area contributed by atoms with E-state index in [1.807, 2.05) is 41.5 Å². The van der Waals surface area contributed by atoms with Gasteiger partial charge in [0.15, 0.2) is 0 Å². The molecule has 1 amide bonds. The topological polar surface area (TPSA) is 73.9 Å². The van der Waals surface area contributed by atoms with E-state index in [4.69, 9.17) is 9.47 Å². The predicted molar refractivity (Wildman–Crippen MR) is 104 cm³/mol. The van der Waals surface area contributed by atoms with Crippen molar-refractivity contribution >= 4 is 17.5 Å². The van der Waals surface area contributed by atoms with E-state index in [0.29, 0.717) is 19.7 Å². The molecule has 2 rings (SSSR count). The van der Waals surface area contributed by atoms with E-state index in [2.05, 4.69) is 11.6 Å². The second-order valence-electron chi connectivity index (χ2n) is 9.56. The number of hydrogen-bond donors (Lipinski definition) is 1. The minimum atomic E-state index is -1.14. The number of carbonyl (C=O) groups is 1. The van der Waals surface area contributed by atoms with Crippen LogP contribution in [-0.4, -0.2) is 57.7 Å². The maximum Gasteiger partial charge on any atom is 0.410 e. The van der Waals surface area contributed by atoms with E-state index < -0.39 is 17.0 Å². The normalized spacial score (nSPS) is 27.6. The Morgan fingerprint density at radius 2 is 1.85 bits per heavy atom. The van der Waals surface area contributed by atoms with Crippen LogP contribution in [0.15, 0.2) is 0 Å². The van der Waals surface area contributed by atoms with Gasteiger partial charge in [0.05, 0.1) is 18.8 Å². The van der Waals surface area contributed by atoms with Gasteiger partial charge in [0.2, 0.25) is 0 Å². The molecule has 2 aliphatic rings. The highest BCUT2D eigenvalue weighted by atomic mass is 32.2. The van der Waals surface area contributed by atoms with E-state index in [1.165, 1.54) is 0 Å². The zero-order valence-corrected chi connectivity index (χ0v) is 18.2. The predicted octanol–water partition coefficient (Wildman–Crippen LogP) is 3.23. The molecule has 0 saturated carbocycles. The lowest BCUT2D eigenvalue weighted by atomic mass is 9.73. The third-order valence-electron chi connectivity index (χ3n) is 5.22. The standard InChI is InChI=1S/C19H36N2O4S/c1-8-14-15(20-26(23)18(5,6)7)19(13-24-14)9-11-21(12-10-19)16(22)25-17(2,3)4/h14-15,20H,8-13H2,1-7H3/t14-,15+,26?/m0/s1. The number of likely N-dealkylation sites (tertiary alicyclic amines) is 1. The molecule has 6 nitrogen and oxygen atoms in total. The Labute approximate surface area is 161 Å². The Kier molecular flexibility index (Phi) is 6.59. The molecule has 3 atom stereocenters. The van der Waals surface area contributed by atoms with Crippen molar-refractivity contribution in [2.24, 2.45) is 5.41 Å². The lowest BCUT2D eigenvalue weighted by Crippen LogP contribution is -2.57. The van der Waals surface area contributed by atoms with Crippen LogP contribution in [0.1, 0.15) is 67.7 Å². The summed E-state index contributed by atoms with van der Waals surface area (Å²) in [4.78, 5) is 14.1. The van der Waals surface area contributed by atoms with Crippen LogP contribution in [0.2, 0.25) is 0 Å². The molecular formula is C19H36N2O4S. The summed E-state index contributed by atoms with van der Waals surface area (Å²) in [6.07, 6.45) is 2.37. The first-order chi connectivity index (χ1) is 11.9. The van der Waals surface area contributed by atoms with Gasteiger partial charge in [0.25, 0.3) is 0 Å². The average Bonchev–Trinajstić information content (AvgIpc) is 2.83. The quantitative estimate of drug-likeness (QED) is 0.752. The van der Waals surface area contributed by atoms with E-state index in [1.54, 1.807) is 4.90 Å². The molecule has 0 aromatic carbocycles. The van der Waals surface area contributed by atoms with Crippen molar-refractivity contribution in [2.75, 3.05) is 19.7 Å². The van der Waals surface area contributed by atoms with Crippen molar-refractivity contribution in [2.45, 2.75) is 90.2 Å². The first-order valence-corrected chi connectivity index (χ1v) is 10.8. The lowest BCUT2D eigenvalue weighted by Gasteiger charge is -2.43. The molecule has 2 saturated heterocycles. The van der Waals surface area contributed by atoms with Crippen LogP contribution in [-0.2, 0) is 20.8 Å². The van der Waals surface area contributed by atoms with Crippen molar-refractivity contribution in [3.05, 3.63) is 0 Å². The molecule has 0 aromatic heterocycles. The van der Waals surface area contributed by atoms with Crippen molar-refractivity contribution in [3.63, 3.8) is 0 Å². The third-order valence-corrected chi connectivity index (χ3v) is 6.80. The van der Waals surface area contributed by atoms with E-state index in [9.17, 15) is 9.35 Å². The monoisotopic (exact) mass is 388 g/mol. The van der Waals surface area contributed by atoms with Crippen molar-refractivity contribution < 1.29 is 18.8 Å². The summed E-state index contributed by atoms with van der Waals surface area (Å²) in [5, 5.41) is 0. The molecule has 0 aromatic rings. The van der Waals surface area contributed by atoms with Gasteiger partial charge in [-0.2, -0.15) is 0 Å². The Morgan fingerprint density at radius 3 is 2.31 bits per heavy atom. The molecule has 2 heterocycles. The van der Waals surface area contributed by atoms with Gasteiger partial charge in [-0.05, 0) is 60.8 Å². The number of nitrogens with one attached hydrogen (secondary N) is 1. The molecular weight excluding hydrogens is 352 g/mol. The van der Waals surface area contributed by atoms with Crippen molar-refractivity contribution in [3.8, 4) is 0 Å². The number of piperidine rings is 1. The molecule has 0 aliphatic carbocycles. The summed E-state index contributed by atoms with van der Waals surface area (Å²) in [6, 6.07) is 0.0494. The van der Waals surface area contributed by atoms with Crippen LogP contribution in [0.3, 0.4) is 0 Å². The first kappa shape index (κ1) is 21.8. The van der Waals surface area contributed by atoms with E-state index >= 15 is 0 Å². The molecule has 1 unspecified atom stereocenters. The summed E-state index contributed by atoms with van der Waals surface area (Å²) in [7, 11) is 0. The Bertz CT molecular complexity index is 493. The number of amides is 1. The van der Waals surface area contributed by atoms with Gasteiger partial charge in [-0.25, -0.2) is 4.79 Å². The maximum absolute atomic E-state index is 12.7. The maximum atomic E-state index is 12.7. The van der Waals surface area contributed by atoms with Gasteiger partial charge < -0.3 is 18.9 Å². The van der Waals surface area contributed by atoms with Gasteiger partial charge in [0, 0.05) is 29.9 Å². The highest BCUT2D eigenvalue weighted by Gasteiger charge is 2.53. The van der Waals surface area contributed by atoms with Gasteiger partial charge in [0.1, 0.15) is 10.3 Å². The van der Waals surface area contributed by atoms with Crippen LogP contribution < -0.4 is 4.72 Å². The zero-order valence-electron chi connectivity index (χ0n) is 17.4. The number of nitrogens with zero attached hydrogens (tertiary/aromatic N) is 1. The third kappa shape index (κ3) is 5.06. The van der Waals surface area contributed by atoms with Gasteiger partial charge in [-0.1, -0.05) is 6.92 Å². The molecule has 152 valence electrons. The van der Waals surface area contributed by atoms with Crippen LogP contribution in [0.4, 0.5) is 4.79 Å². The van der Waals surface area contributed by atoms with Crippen molar-refractivity contribution in [1.29, 1.82) is 0 Å². The molecule has 0 bridgehead atoms. The van der Waals surface area contributed by atoms with Crippen LogP contribution in [0.25, 0.3) is 0 Å². The van der Waals surface area contributed by atoms with Crippen LogP contribution in [0, 0.1) is 5.41 Å². The minimum absolute atomic E-state index is 0.0494. The largest absolute Gasteiger partial charge is 0.598 e. The van der Waals surface area contributed by atoms with Crippen LogP contribution in [0.5, 0.6) is 0 Å². The lowest BCUT2D eigenvalue weighted by molar-refractivity contribution is 0.00638. The highest BCUT2D eigenvalue weighted by Crippen LogP contribution is 2.44. The number of hydrogen-bond acceptors (Lipinski definition) is 5. The number of carbonyl (C=O) groups excluding carboxylic acids is 1. The Balaban J connectivity index is 2.05. The van der Waals surface area contributed by atoms with Crippen LogP contribution >= 0.6 is 0 Å². The molecule has 0 radical (unpaired) electrons. The fraction of sp³-hybridized carbons (Fsp3) is 0.947. The second kappa shape index (κ2) is 7.86. The minimum Gasteiger partial charge on any atom is -0.598 e. The Morgan fingerprint density at radius 1 is 1.27 bits per heavy atom. The second-order valence-corrected chi connectivity index (χ2v) is 11.6. The smallest absolute Gasteiger partial charge is 0.410 e. The van der Waals surface area contributed by atoms with Crippen molar-refractivity contribution in [1.82, 2.24) is 9.62 Å². The fourth-order valence-corrected chi connectivity index (χ4v) is 4.60. The molecule has 2 aliphatic heterocycles. The summed E-state index contributed by atoms with van der Waals surface area (Å²) in [5.41, 5.74) is -0.552. The molecule has 1 N–H and O–H groups in total. The Hall–Kier alpha value is -0.500. The molecule has 26 heavy (non-hydrogen) atoms. The summed E-state index contributed by atoms with van der Waals surface area (Å²) in [6.45, 7) is 15.6. The number of rotatable bonds is 3. The fourth-order valence-electron chi connectivity index (χ4n) is 3.62. The van der Waals surface area contributed by atoms with Gasteiger partial charge in [-0.15, -0.1) is 4.72 Å². The first-order valence-electron chi connectivity index (χ1n) is 9.65. The van der Waals surface area contributed by atoms with E-state index in [0.717, 1.165) is 19.3 Å². The number of ether oxygens (including phenoxy) is 2.